The van der Waals surface area contributed by atoms with E-state index < -0.39 is 22.5 Å². The summed E-state index contributed by atoms with van der Waals surface area (Å²) in [6, 6.07) is 13.0. The van der Waals surface area contributed by atoms with Gasteiger partial charge in [-0.15, -0.1) is 0 Å². The first kappa shape index (κ1) is 17.3. The number of hydrogen-bond acceptors (Lipinski definition) is 5. The Morgan fingerprint density at radius 3 is 2.76 bits per heavy atom. The number of halogens is 1. The zero-order valence-electron chi connectivity index (χ0n) is 13.5. The Kier molecular flexibility index (Phi) is 5.25. The summed E-state index contributed by atoms with van der Waals surface area (Å²) in [5.41, 5.74) is 0.448. The molecule has 0 unspecified atom stereocenters. The fraction of sp³-hybridized carbons (Fsp3) is 0.333. The fourth-order valence-corrected chi connectivity index (χ4v) is 3.15. The molecule has 3 rings (SSSR count). The van der Waals surface area contributed by atoms with Gasteiger partial charge in [0.2, 0.25) is 5.82 Å². The SMILES string of the molecule is O=[N+]([O-])c1c(F)cccc1N1CCOC[C@H]1C[C@@H](O)c1ccccc1. The first-order chi connectivity index (χ1) is 12.1. The van der Waals surface area contributed by atoms with E-state index in [-0.39, 0.29) is 11.7 Å². The van der Waals surface area contributed by atoms with E-state index in [1.807, 2.05) is 30.3 Å². The summed E-state index contributed by atoms with van der Waals surface area (Å²) in [5, 5.41) is 21.8. The van der Waals surface area contributed by atoms with Crippen LogP contribution in [-0.2, 0) is 4.74 Å². The zero-order valence-corrected chi connectivity index (χ0v) is 13.5. The standard InChI is InChI=1S/C18H19FN2O4/c19-15-7-4-8-16(18(15)21(23)24)20-9-10-25-12-14(20)11-17(22)13-5-2-1-3-6-13/h1-8,14,17,22H,9-12H2/t14-,17-/m1/s1. The Hall–Kier alpha value is -2.51. The second-order valence-corrected chi connectivity index (χ2v) is 5.95. The van der Waals surface area contributed by atoms with Crippen molar-refractivity contribution in [3.63, 3.8) is 0 Å². The smallest absolute Gasteiger partial charge is 0.327 e. The van der Waals surface area contributed by atoms with Crippen molar-refractivity contribution >= 4 is 11.4 Å². The van der Waals surface area contributed by atoms with Crippen molar-refractivity contribution in [2.45, 2.75) is 18.6 Å². The Bertz CT molecular complexity index is 741. The largest absolute Gasteiger partial charge is 0.388 e. The lowest BCUT2D eigenvalue weighted by Crippen LogP contribution is -2.46. The predicted molar refractivity (Wildman–Crippen MR) is 91.0 cm³/mol. The van der Waals surface area contributed by atoms with Gasteiger partial charge in [0, 0.05) is 13.0 Å². The molecular formula is C18H19FN2O4. The Morgan fingerprint density at radius 1 is 1.28 bits per heavy atom. The van der Waals surface area contributed by atoms with Gasteiger partial charge in [0.15, 0.2) is 0 Å². The Morgan fingerprint density at radius 2 is 2.04 bits per heavy atom. The van der Waals surface area contributed by atoms with Crippen molar-refractivity contribution in [3.05, 3.63) is 70.0 Å². The Balaban J connectivity index is 1.87. The van der Waals surface area contributed by atoms with Crippen LogP contribution in [0.1, 0.15) is 18.1 Å². The lowest BCUT2D eigenvalue weighted by Gasteiger charge is -2.38. The third-order valence-corrected chi connectivity index (χ3v) is 4.36. The molecule has 2 aromatic rings. The minimum absolute atomic E-state index is 0.221. The maximum absolute atomic E-state index is 14.0. The number of anilines is 1. The quantitative estimate of drug-likeness (QED) is 0.665. The van der Waals surface area contributed by atoms with Crippen molar-refractivity contribution in [1.29, 1.82) is 0 Å². The molecule has 6 nitrogen and oxygen atoms in total. The number of nitro groups is 1. The van der Waals surface area contributed by atoms with Crippen molar-refractivity contribution in [1.82, 2.24) is 0 Å². The molecule has 1 aliphatic heterocycles. The third kappa shape index (κ3) is 3.78. The van der Waals surface area contributed by atoms with Crippen molar-refractivity contribution in [3.8, 4) is 0 Å². The van der Waals surface area contributed by atoms with E-state index in [0.29, 0.717) is 26.2 Å². The number of aliphatic hydroxyl groups is 1. The lowest BCUT2D eigenvalue weighted by molar-refractivity contribution is -0.386. The number of para-hydroxylation sites is 1. The van der Waals surface area contributed by atoms with E-state index >= 15 is 0 Å². The number of ether oxygens (including phenoxy) is 1. The Labute approximate surface area is 144 Å². The van der Waals surface area contributed by atoms with Gasteiger partial charge in [0.05, 0.1) is 30.3 Å². The van der Waals surface area contributed by atoms with Crippen LogP contribution in [0.5, 0.6) is 0 Å². The molecule has 1 aliphatic rings. The van der Waals surface area contributed by atoms with Gasteiger partial charge in [-0.2, -0.15) is 4.39 Å². The summed E-state index contributed by atoms with van der Waals surface area (Å²) >= 11 is 0. The second kappa shape index (κ2) is 7.58. The summed E-state index contributed by atoms with van der Waals surface area (Å²) in [6.07, 6.45) is -0.402. The number of benzene rings is 2. The van der Waals surface area contributed by atoms with E-state index in [2.05, 4.69) is 0 Å². The average molecular weight is 346 g/mol. The predicted octanol–water partition coefficient (Wildman–Crippen LogP) is 3.06. The second-order valence-electron chi connectivity index (χ2n) is 5.95. The molecule has 7 heteroatoms. The molecule has 132 valence electrons. The van der Waals surface area contributed by atoms with Crippen LogP contribution >= 0.6 is 0 Å². The lowest BCUT2D eigenvalue weighted by atomic mass is 10.00. The average Bonchev–Trinajstić information content (AvgIpc) is 2.62. The molecule has 0 radical (unpaired) electrons. The van der Waals surface area contributed by atoms with E-state index in [9.17, 15) is 19.6 Å². The van der Waals surface area contributed by atoms with Gasteiger partial charge in [-0.25, -0.2) is 0 Å². The van der Waals surface area contributed by atoms with Crippen molar-refractivity contribution in [2.75, 3.05) is 24.7 Å². The number of morpholine rings is 1. The van der Waals surface area contributed by atoms with Crippen LogP contribution < -0.4 is 4.90 Å². The number of nitrogens with zero attached hydrogens (tertiary/aromatic N) is 2. The van der Waals surface area contributed by atoms with Gasteiger partial charge >= 0.3 is 5.69 Å². The number of hydrogen-bond donors (Lipinski definition) is 1. The van der Waals surface area contributed by atoms with Crippen LogP contribution in [0.25, 0.3) is 0 Å². The van der Waals surface area contributed by atoms with E-state index in [4.69, 9.17) is 4.74 Å². The van der Waals surface area contributed by atoms with Gasteiger partial charge in [-0.3, -0.25) is 10.1 Å². The summed E-state index contributed by atoms with van der Waals surface area (Å²) in [6.45, 7) is 1.11. The van der Waals surface area contributed by atoms with Crippen LogP contribution in [0.3, 0.4) is 0 Å². The summed E-state index contributed by atoms with van der Waals surface area (Å²) in [5.74, 6) is -0.864. The maximum Gasteiger partial charge on any atom is 0.327 e. The third-order valence-electron chi connectivity index (χ3n) is 4.36. The molecule has 1 fully saturated rings. The van der Waals surface area contributed by atoms with E-state index in [0.717, 1.165) is 11.6 Å². The monoisotopic (exact) mass is 346 g/mol. The highest BCUT2D eigenvalue weighted by Crippen LogP contribution is 2.34. The molecule has 0 aromatic heterocycles. The first-order valence-corrected chi connectivity index (χ1v) is 8.08. The summed E-state index contributed by atoms with van der Waals surface area (Å²) in [7, 11) is 0. The van der Waals surface area contributed by atoms with Crippen LogP contribution in [-0.4, -0.2) is 35.8 Å². The van der Waals surface area contributed by atoms with Crippen molar-refractivity contribution < 1.29 is 19.2 Å². The molecule has 0 aliphatic carbocycles. The van der Waals surface area contributed by atoms with Gasteiger partial charge in [0.1, 0.15) is 5.69 Å². The fourth-order valence-electron chi connectivity index (χ4n) is 3.15. The number of aliphatic hydroxyl groups excluding tert-OH is 1. The van der Waals surface area contributed by atoms with E-state index in [1.54, 1.807) is 4.90 Å². The molecule has 0 saturated carbocycles. The zero-order chi connectivity index (χ0) is 17.8. The van der Waals surface area contributed by atoms with Crippen LogP contribution in [0.2, 0.25) is 0 Å². The molecule has 25 heavy (non-hydrogen) atoms. The van der Waals surface area contributed by atoms with Gasteiger partial charge in [0.25, 0.3) is 0 Å². The van der Waals surface area contributed by atoms with Gasteiger partial charge in [-0.05, 0) is 17.7 Å². The van der Waals surface area contributed by atoms with Crippen LogP contribution in [0.15, 0.2) is 48.5 Å². The highest BCUT2D eigenvalue weighted by molar-refractivity contribution is 5.64. The molecule has 2 atom stereocenters. The minimum Gasteiger partial charge on any atom is -0.388 e. The normalized spacial score (nSPS) is 18.8. The molecular weight excluding hydrogens is 327 g/mol. The summed E-state index contributed by atoms with van der Waals surface area (Å²) in [4.78, 5) is 12.4. The molecule has 0 spiro atoms. The van der Waals surface area contributed by atoms with Crippen LogP contribution in [0, 0.1) is 15.9 Å². The van der Waals surface area contributed by atoms with Gasteiger partial charge < -0.3 is 14.7 Å². The van der Waals surface area contributed by atoms with Crippen molar-refractivity contribution in [2.24, 2.45) is 0 Å². The first-order valence-electron chi connectivity index (χ1n) is 8.08. The van der Waals surface area contributed by atoms with Gasteiger partial charge in [-0.1, -0.05) is 36.4 Å². The number of nitro benzene ring substituents is 1. The van der Waals surface area contributed by atoms with Crippen LogP contribution in [0.4, 0.5) is 15.8 Å². The minimum atomic E-state index is -0.864. The summed E-state index contributed by atoms with van der Waals surface area (Å²) < 4.78 is 19.4. The molecule has 1 N–H and O–H groups in total. The molecule has 1 saturated heterocycles. The maximum atomic E-state index is 14.0. The molecule has 2 aromatic carbocycles. The molecule has 1 heterocycles. The molecule has 0 bridgehead atoms. The number of rotatable bonds is 5. The highest BCUT2D eigenvalue weighted by Gasteiger charge is 2.32. The topological polar surface area (TPSA) is 75.8 Å². The highest BCUT2D eigenvalue weighted by atomic mass is 19.1. The van der Waals surface area contributed by atoms with E-state index in [1.165, 1.54) is 12.1 Å². The molecule has 0 amide bonds.